The van der Waals surface area contributed by atoms with E-state index in [0.717, 1.165) is 23.5 Å². The quantitative estimate of drug-likeness (QED) is 0.428. The first-order valence-electron chi connectivity index (χ1n) is 6.62. The first-order chi connectivity index (χ1) is 11.9. The van der Waals surface area contributed by atoms with Crippen LogP contribution in [0.25, 0.3) is 0 Å². The summed E-state index contributed by atoms with van der Waals surface area (Å²) in [5, 5.41) is 4.46. The lowest BCUT2D eigenvalue weighted by Crippen LogP contribution is -2.24. The van der Waals surface area contributed by atoms with Crippen LogP contribution in [0.4, 0.5) is 13.2 Å². The summed E-state index contributed by atoms with van der Waals surface area (Å²) in [7, 11) is -8.83. The molecule has 0 unspecified atom stereocenters. The molecule has 142 valence electrons. The molecule has 0 atom stereocenters. The van der Waals surface area contributed by atoms with Gasteiger partial charge >= 0.3 is 16.3 Å². The van der Waals surface area contributed by atoms with E-state index in [1.807, 2.05) is 0 Å². The molecular formula is C13H11F3N2O5S3. The molecule has 2 aromatic rings. The van der Waals surface area contributed by atoms with Gasteiger partial charge < -0.3 is 5.73 Å². The van der Waals surface area contributed by atoms with Crippen molar-refractivity contribution in [2.45, 2.75) is 15.3 Å². The molecule has 0 bridgehead atoms. The zero-order valence-corrected chi connectivity index (χ0v) is 15.1. The number of alkyl halides is 3. The highest BCUT2D eigenvalue weighted by molar-refractivity contribution is 7.94. The van der Waals surface area contributed by atoms with Crippen LogP contribution in [0.2, 0.25) is 0 Å². The Morgan fingerprint density at radius 2 is 1.77 bits per heavy atom. The highest BCUT2D eigenvalue weighted by Crippen LogP contribution is 2.34. The van der Waals surface area contributed by atoms with Crippen LogP contribution in [-0.4, -0.2) is 28.4 Å². The molecule has 0 aliphatic carbocycles. The minimum Gasteiger partial charge on any atom is -0.384 e. The Hall–Kier alpha value is -2.12. The van der Waals surface area contributed by atoms with Crippen molar-refractivity contribution >= 4 is 37.1 Å². The van der Waals surface area contributed by atoms with Crippen LogP contribution in [-0.2, 0) is 30.4 Å². The molecule has 2 N–H and O–H groups in total. The summed E-state index contributed by atoms with van der Waals surface area (Å²) in [4.78, 5) is -1.16. The Morgan fingerprint density at radius 1 is 1.12 bits per heavy atom. The second kappa shape index (κ2) is 7.25. The SMILES string of the molecule is N/C(CS(=O)(=O)c1cccs1)=N\OS(=O)(=O)c1ccccc1C(F)(F)F. The second-order valence-electron chi connectivity index (χ2n) is 4.80. The highest BCUT2D eigenvalue weighted by Gasteiger charge is 2.37. The van der Waals surface area contributed by atoms with Gasteiger partial charge in [0.1, 0.15) is 14.9 Å². The Labute approximate surface area is 150 Å². The molecule has 0 saturated heterocycles. The average molecular weight is 428 g/mol. The van der Waals surface area contributed by atoms with Gasteiger partial charge in [-0.15, -0.1) is 11.3 Å². The number of hydrogen-bond acceptors (Lipinski definition) is 7. The predicted molar refractivity (Wildman–Crippen MR) is 87.7 cm³/mol. The molecule has 7 nitrogen and oxygen atoms in total. The molecule has 0 aliphatic heterocycles. The van der Waals surface area contributed by atoms with Crippen molar-refractivity contribution in [3.63, 3.8) is 0 Å². The van der Waals surface area contributed by atoms with E-state index in [1.54, 1.807) is 0 Å². The number of oxime groups is 1. The maximum absolute atomic E-state index is 12.9. The van der Waals surface area contributed by atoms with Crippen LogP contribution in [0.1, 0.15) is 5.56 Å². The molecule has 0 saturated carbocycles. The van der Waals surface area contributed by atoms with Gasteiger partial charge in [-0.3, -0.25) is 4.28 Å². The number of hydrogen-bond donors (Lipinski definition) is 1. The summed E-state index contributed by atoms with van der Waals surface area (Å²) in [6.45, 7) is 0. The molecule has 1 heterocycles. The zero-order chi connectivity index (χ0) is 19.6. The van der Waals surface area contributed by atoms with Gasteiger partial charge in [-0.2, -0.15) is 21.6 Å². The summed E-state index contributed by atoms with van der Waals surface area (Å²) < 4.78 is 90.7. The van der Waals surface area contributed by atoms with Crippen molar-refractivity contribution in [3.8, 4) is 0 Å². The number of nitrogens with two attached hydrogens (primary N) is 1. The lowest BCUT2D eigenvalue weighted by molar-refractivity contribution is -0.140. The minimum absolute atomic E-state index is 0.0269. The van der Waals surface area contributed by atoms with Crippen LogP contribution in [0.5, 0.6) is 0 Å². The molecular weight excluding hydrogens is 417 g/mol. The van der Waals surface area contributed by atoms with E-state index in [4.69, 9.17) is 5.73 Å². The first-order valence-corrected chi connectivity index (χ1v) is 10.6. The topological polar surface area (TPSA) is 116 Å². The van der Waals surface area contributed by atoms with Crippen LogP contribution in [0, 0.1) is 0 Å². The van der Waals surface area contributed by atoms with Gasteiger partial charge in [0.25, 0.3) is 0 Å². The van der Waals surface area contributed by atoms with Crippen LogP contribution >= 0.6 is 11.3 Å². The lowest BCUT2D eigenvalue weighted by atomic mass is 10.2. The van der Waals surface area contributed by atoms with Crippen LogP contribution in [0.3, 0.4) is 0 Å². The Morgan fingerprint density at radius 3 is 2.35 bits per heavy atom. The molecule has 0 spiro atoms. The van der Waals surface area contributed by atoms with Gasteiger partial charge in [0.2, 0.25) is 0 Å². The first kappa shape index (κ1) is 20.2. The van der Waals surface area contributed by atoms with E-state index in [1.165, 1.54) is 17.5 Å². The number of halogens is 3. The third kappa shape index (κ3) is 4.74. The van der Waals surface area contributed by atoms with Crippen LogP contribution < -0.4 is 5.73 Å². The number of thiophene rings is 1. The molecule has 1 aromatic carbocycles. The van der Waals surface area contributed by atoms with Crippen molar-refractivity contribution in [1.29, 1.82) is 0 Å². The van der Waals surface area contributed by atoms with Gasteiger partial charge in [0, 0.05) is 0 Å². The summed E-state index contributed by atoms with van der Waals surface area (Å²) in [6.07, 6.45) is -4.94. The fraction of sp³-hybridized carbons (Fsp3) is 0.154. The van der Waals surface area contributed by atoms with E-state index in [-0.39, 0.29) is 4.21 Å². The Balaban J connectivity index is 2.24. The third-order valence-electron chi connectivity index (χ3n) is 2.85. The van der Waals surface area contributed by atoms with Gasteiger partial charge in [0.05, 0.1) is 5.56 Å². The second-order valence-corrected chi connectivity index (χ2v) is 9.46. The Kier molecular flexibility index (Phi) is 5.63. The number of nitrogens with zero attached hydrogens (tertiary/aromatic N) is 1. The largest absolute Gasteiger partial charge is 0.417 e. The van der Waals surface area contributed by atoms with E-state index >= 15 is 0 Å². The number of rotatable bonds is 6. The molecule has 0 fully saturated rings. The standard InChI is InChI=1S/C13H11F3N2O5S3/c14-13(15,16)9-4-1-2-5-10(9)26(21,22)23-18-11(17)8-25(19,20)12-6-3-7-24-12/h1-7H,8H2,(H2,17,18). The average Bonchev–Trinajstić information content (AvgIpc) is 3.07. The fourth-order valence-electron chi connectivity index (χ4n) is 1.79. The monoisotopic (exact) mass is 428 g/mol. The smallest absolute Gasteiger partial charge is 0.384 e. The predicted octanol–water partition coefficient (Wildman–Crippen LogP) is 2.22. The summed E-state index contributed by atoms with van der Waals surface area (Å²) in [5.41, 5.74) is 3.89. The van der Waals surface area contributed by atoms with Gasteiger partial charge in [-0.25, -0.2) is 8.42 Å². The van der Waals surface area contributed by atoms with Crippen molar-refractivity contribution in [2.75, 3.05) is 5.75 Å². The van der Waals surface area contributed by atoms with Crippen LogP contribution in [0.15, 0.2) is 56.0 Å². The van der Waals surface area contributed by atoms with Gasteiger partial charge in [0.15, 0.2) is 15.7 Å². The van der Waals surface area contributed by atoms with Crippen molar-refractivity contribution in [2.24, 2.45) is 10.9 Å². The molecule has 13 heteroatoms. The summed E-state index contributed by atoms with van der Waals surface area (Å²) in [6, 6.07) is 6.12. The highest BCUT2D eigenvalue weighted by atomic mass is 32.2. The number of amidine groups is 1. The minimum atomic E-state index is -4.96. The van der Waals surface area contributed by atoms with E-state index < -0.39 is 48.2 Å². The fourth-order valence-corrected chi connectivity index (χ4v) is 5.01. The number of sulfone groups is 1. The third-order valence-corrected chi connectivity index (χ3v) is 7.16. The molecule has 1 aromatic heterocycles. The van der Waals surface area contributed by atoms with E-state index in [2.05, 4.69) is 9.44 Å². The molecule has 2 rings (SSSR count). The molecule has 0 radical (unpaired) electrons. The molecule has 0 amide bonds. The number of benzene rings is 1. The van der Waals surface area contributed by atoms with Gasteiger partial charge in [-0.05, 0) is 23.6 Å². The molecule has 0 aliphatic rings. The maximum atomic E-state index is 12.9. The Bertz CT molecular complexity index is 1010. The van der Waals surface area contributed by atoms with Gasteiger partial charge in [-0.1, -0.05) is 23.4 Å². The van der Waals surface area contributed by atoms with Crippen molar-refractivity contribution in [3.05, 3.63) is 47.3 Å². The van der Waals surface area contributed by atoms with Crippen molar-refractivity contribution < 1.29 is 34.3 Å². The summed E-state index contributed by atoms with van der Waals surface area (Å²) in [5.74, 6) is -1.59. The maximum Gasteiger partial charge on any atom is 0.417 e. The van der Waals surface area contributed by atoms with E-state index in [9.17, 15) is 30.0 Å². The zero-order valence-electron chi connectivity index (χ0n) is 12.7. The molecule has 26 heavy (non-hydrogen) atoms. The normalized spacial score (nSPS) is 13.6. The summed E-state index contributed by atoms with van der Waals surface area (Å²) >= 11 is 0.914. The lowest BCUT2D eigenvalue weighted by Gasteiger charge is -2.11. The van der Waals surface area contributed by atoms with Crippen molar-refractivity contribution in [1.82, 2.24) is 0 Å². The van der Waals surface area contributed by atoms with E-state index in [0.29, 0.717) is 12.1 Å².